The molecule has 0 atom stereocenters. The van der Waals surface area contributed by atoms with Crippen LogP contribution in [-0.2, 0) is 0 Å². The number of halogens is 5. The quantitative estimate of drug-likeness (QED) is 0.681. The molecule has 1 heterocycles. The molecule has 0 unspecified atom stereocenters. The Morgan fingerprint density at radius 3 is 2.07 bits per heavy atom. The summed E-state index contributed by atoms with van der Waals surface area (Å²) in [7, 11) is 0. The minimum Gasteiger partial charge on any atom is -0.421 e. The third-order valence-electron chi connectivity index (χ3n) is 1.72. The molecule has 2 rings (SSSR count). The molecule has 0 amide bonds. The van der Waals surface area contributed by atoms with Crippen LogP contribution in [0.5, 0.6) is 11.5 Å². The van der Waals surface area contributed by atoms with Crippen LogP contribution >= 0.6 is 15.9 Å². The number of ether oxygens (including phenoxy) is 2. The summed E-state index contributed by atoms with van der Waals surface area (Å²) >= 11 is 2.99. The average Bonchev–Trinajstić information content (AvgIpc) is 2.07. The second-order valence-electron chi connectivity index (χ2n) is 2.83. The molecule has 0 N–H and O–H groups in total. The molecule has 1 aliphatic rings. The lowest BCUT2D eigenvalue weighted by atomic mass is 10.3. The fraction of sp³-hybridized carbons (Fsp3) is 0.250. The van der Waals surface area contributed by atoms with Crippen molar-refractivity contribution in [3.63, 3.8) is 0 Å². The van der Waals surface area contributed by atoms with Gasteiger partial charge in [-0.1, -0.05) is 15.9 Å². The molecule has 82 valence electrons. The van der Waals surface area contributed by atoms with E-state index in [1.165, 1.54) is 6.07 Å². The van der Waals surface area contributed by atoms with Gasteiger partial charge < -0.3 is 9.47 Å². The molecule has 0 bridgehead atoms. The number of hydrogen-bond donors (Lipinski definition) is 0. The lowest BCUT2D eigenvalue weighted by Gasteiger charge is -2.31. The largest absolute Gasteiger partial charge is 0.507 e. The van der Waals surface area contributed by atoms with Crippen LogP contribution in [0, 0.1) is 0 Å². The summed E-state index contributed by atoms with van der Waals surface area (Å²) < 4.78 is 58.8. The van der Waals surface area contributed by atoms with E-state index in [0.717, 1.165) is 12.1 Å². The van der Waals surface area contributed by atoms with Crippen LogP contribution in [0.1, 0.15) is 0 Å². The molecular formula is C8H3BrF4O2. The Morgan fingerprint density at radius 2 is 1.47 bits per heavy atom. The zero-order chi connectivity index (χ0) is 11.3. The van der Waals surface area contributed by atoms with Crippen LogP contribution in [0.15, 0.2) is 22.7 Å². The first-order valence-corrected chi connectivity index (χ1v) is 4.54. The second-order valence-corrected chi connectivity index (χ2v) is 3.74. The molecule has 1 aromatic rings. The van der Waals surface area contributed by atoms with Gasteiger partial charge in [0.2, 0.25) is 0 Å². The van der Waals surface area contributed by atoms with Crippen LogP contribution in [0.25, 0.3) is 0 Å². The van der Waals surface area contributed by atoms with Crippen molar-refractivity contribution in [3.8, 4) is 11.5 Å². The maximum atomic E-state index is 12.7. The first kappa shape index (κ1) is 10.5. The summed E-state index contributed by atoms with van der Waals surface area (Å²) in [4.78, 5) is 0. The molecule has 0 spiro atoms. The van der Waals surface area contributed by atoms with Gasteiger partial charge in [-0.15, -0.1) is 0 Å². The van der Waals surface area contributed by atoms with Crippen molar-refractivity contribution in [2.75, 3.05) is 0 Å². The Morgan fingerprint density at radius 1 is 0.933 bits per heavy atom. The van der Waals surface area contributed by atoms with Gasteiger partial charge in [-0.3, -0.25) is 0 Å². The monoisotopic (exact) mass is 286 g/mol. The third-order valence-corrected chi connectivity index (χ3v) is 2.21. The molecule has 0 aliphatic carbocycles. The van der Waals surface area contributed by atoms with Gasteiger partial charge in [0.05, 0.1) is 0 Å². The number of rotatable bonds is 0. The van der Waals surface area contributed by atoms with Gasteiger partial charge in [-0.25, -0.2) is 0 Å². The van der Waals surface area contributed by atoms with Crippen molar-refractivity contribution < 1.29 is 27.0 Å². The second kappa shape index (κ2) is 3.01. The van der Waals surface area contributed by atoms with Crippen LogP contribution < -0.4 is 9.47 Å². The van der Waals surface area contributed by atoms with E-state index in [4.69, 9.17) is 0 Å². The molecule has 0 fully saturated rings. The highest BCUT2D eigenvalue weighted by Gasteiger charge is 2.65. The first-order valence-electron chi connectivity index (χ1n) is 3.75. The summed E-state index contributed by atoms with van der Waals surface area (Å²) in [5, 5.41) is 0. The standard InChI is InChI=1S/C8H3BrF4O2/c9-4-1-2-5-6(3-4)15-8(12,13)7(10,11)14-5/h1-3H. The molecule has 15 heavy (non-hydrogen) atoms. The number of hydrogen-bond acceptors (Lipinski definition) is 2. The average molecular weight is 287 g/mol. The summed E-state index contributed by atoms with van der Waals surface area (Å²) in [6, 6.07) is 3.61. The van der Waals surface area contributed by atoms with Gasteiger partial charge in [-0.2, -0.15) is 17.6 Å². The van der Waals surface area contributed by atoms with E-state index >= 15 is 0 Å². The van der Waals surface area contributed by atoms with E-state index in [2.05, 4.69) is 25.4 Å². The maximum Gasteiger partial charge on any atom is 0.507 e. The van der Waals surface area contributed by atoms with Crippen LogP contribution in [-0.4, -0.2) is 12.2 Å². The molecular weight excluding hydrogens is 284 g/mol. The van der Waals surface area contributed by atoms with Crippen molar-refractivity contribution in [2.45, 2.75) is 12.2 Å². The Bertz CT molecular complexity index is 408. The Hall–Kier alpha value is -0.980. The van der Waals surface area contributed by atoms with Crippen LogP contribution in [0.4, 0.5) is 17.6 Å². The Labute approximate surface area is 89.9 Å². The van der Waals surface area contributed by atoms with Crippen molar-refractivity contribution in [1.29, 1.82) is 0 Å². The molecule has 0 aromatic heterocycles. The molecule has 7 heteroatoms. The van der Waals surface area contributed by atoms with Gasteiger partial charge >= 0.3 is 12.2 Å². The normalized spacial score (nSPS) is 21.1. The van der Waals surface area contributed by atoms with Gasteiger partial charge in [0.15, 0.2) is 11.5 Å². The van der Waals surface area contributed by atoms with E-state index in [1.807, 2.05) is 0 Å². The zero-order valence-electron chi connectivity index (χ0n) is 6.94. The minimum atomic E-state index is -4.67. The fourth-order valence-electron chi connectivity index (χ4n) is 1.04. The summed E-state index contributed by atoms with van der Waals surface area (Å²) in [5.74, 6) is -0.852. The molecule has 1 aromatic carbocycles. The van der Waals surface area contributed by atoms with E-state index in [9.17, 15) is 17.6 Å². The summed E-state index contributed by atoms with van der Waals surface area (Å²) in [6.45, 7) is 0. The highest BCUT2D eigenvalue weighted by Crippen LogP contribution is 2.47. The van der Waals surface area contributed by atoms with E-state index in [0.29, 0.717) is 4.47 Å². The fourth-order valence-corrected chi connectivity index (χ4v) is 1.38. The third kappa shape index (κ3) is 1.64. The topological polar surface area (TPSA) is 18.5 Å². The van der Waals surface area contributed by atoms with Crippen LogP contribution in [0.2, 0.25) is 0 Å². The van der Waals surface area contributed by atoms with Crippen molar-refractivity contribution in [3.05, 3.63) is 22.7 Å². The van der Waals surface area contributed by atoms with Crippen molar-refractivity contribution in [2.24, 2.45) is 0 Å². The van der Waals surface area contributed by atoms with E-state index < -0.39 is 23.7 Å². The van der Waals surface area contributed by atoms with Gasteiger partial charge in [0.1, 0.15) is 0 Å². The molecule has 0 saturated carbocycles. The van der Waals surface area contributed by atoms with Gasteiger partial charge in [-0.05, 0) is 18.2 Å². The maximum absolute atomic E-state index is 12.7. The molecule has 1 aliphatic heterocycles. The molecule has 0 radical (unpaired) electrons. The van der Waals surface area contributed by atoms with Gasteiger partial charge in [0.25, 0.3) is 0 Å². The minimum absolute atomic E-state index is 0.422. The number of alkyl halides is 4. The highest BCUT2D eigenvalue weighted by molar-refractivity contribution is 9.10. The predicted octanol–water partition coefficient (Wildman–Crippen LogP) is 3.41. The smallest absolute Gasteiger partial charge is 0.421 e. The lowest BCUT2D eigenvalue weighted by Crippen LogP contribution is -2.52. The summed E-state index contributed by atoms with van der Waals surface area (Å²) in [5.41, 5.74) is 0. The molecule has 2 nitrogen and oxygen atoms in total. The van der Waals surface area contributed by atoms with Crippen molar-refractivity contribution >= 4 is 15.9 Å². The lowest BCUT2D eigenvalue weighted by molar-refractivity contribution is -0.391. The highest BCUT2D eigenvalue weighted by atomic mass is 79.9. The Kier molecular flexibility index (Phi) is 2.11. The van der Waals surface area contributed by atoms with Crippen molar-refractivity contribution in [1.82, 2.24) is 0 Å². The number of benzene rings is 1. The van der Waals surface area contributed by atoms with E-state index in [-0.39, 0.29) is 0 Å². The SMILES string of the molecule is FC1(F)Oc2ccc(Br)cc2OC1(F)F. The molecule has 0 saturated heterocycles. The first-order chi connectivity index (χ1) is 6.82. The Balaban J connectivity index is 2.47. The summed E-state index contributed by atoms with van der Waals surface area (Å²) in [6.07, 6.45) is -9.32. The van der Waals surface area contributed by atoms with Crippen LogP contribution in [0.3, 0.4) is 0 Å². The predicted molar refractivity (Wildman–Crippen MR) is 45.3 cm³/mol. The number of fused-ring (bicyclic) bond motifs is 1. The zero-order valence-corrected chi connectivity index (χ0v) is 8.52. The van der Waals surface area contributed by atoms with Gasteiger partial charge in [0, 0.05) is 4.47 Å². The van der Waals surface area contributed by atoms with E-state index in [1.54, 1.807) is 0 Å².